The molecule has 2 aromatic carbocycles. The molecule has 1 aliphatic rings. The Hall–Kier alpha value is -2.34. The van der Waals surface area contributed by atoms with Crippen LogP contribution in [0.4, 0.5) is 8.78 Å². The summed E-state index contributed by atoms with van der Waals surface area (Å²) in [4.78, 5) is 0. The fourth-order valence-electron chi connectivity index (χ4n) is 4.36. The standard InChI is InChI=1S/C29H36F2O/c1-3-5-7-21-32-27-20-19-26(28(30)29(27)31)18-13-23-11-16-25(17-12-23)24-14-9-22(10-15-24)8-6-4-2/h9-10,14-15,19-20,23,25H,3-8,11-12,16-17,21H2,1-2H3/t23-,25-. The molecule has 172 valence electrons. The largest absolute Gasteiger partial charge is 0.490 e. The second-order valence-corrected chi connectivity index (χ2v) is 8.96. The summed E-state index contributed by atoms with van der Waals surface area (Å²) in [6.07, 6.45) is 10.7. The zero-order chi connectivity index (χ0) is 22.8. The number of ether oxygens (including phenoxy) is 1. The smallest absolute Gasteiger partial charge is 0.201 e. The van der Waals surface area contributed by atoms with Crippen molar-refractivity contribution >= 4 is 0 Å². The number of halogens is 2. The molecule has 32 heavy (non-hydrogen) atoms. The Morgan fingerprint density at radius 2 is 1.56 bits per heavy atom. The van der Waals surface area contributed by atoms with Crippen LogP contribution in [0.2, 0.25) is 0 Å². The number of rotatable bonds is 9. The first-order valence-electron chi connectivity index (χ1n) is 12.3. The molecule has 0 amide bonds. The van der Waals surface area contributed by atoms with E-state index in [1.807, 2.05) is 0 Å². The summed E-state index contributed by atoms with van der Waals surface area (Å²) < 4.78 is 34.1. The SMILES string of the molecule is CCCCCOc1ccc(C#C[C@H]2CC[C@H](c3ccc(CCCC)cc3)CC2)c(F)c1F. The first kappa shape index (κ1) is 24.3. The molecule has 0 atom stereocenters. The lowest BCUT2D eigenvalue weighted by molar-refractivity contribution is 0.286. The molecular formula is C29H36F2O. The highest BCUT2D eigenvalue weighted by molar-refractivity contribution is 5.41. The summed E-state index contributed by atoms with van der Waals surface area (Å²) >= 11 is 0. The number of hydrogen-bond acceptors (Lipinski definition) is 1. The van der Waals surface area contributed by atoms with Crippen LogP contribution < -0.4 is 4.74 Å². The van der Waals surface area contributed by atoms with Crippen LogP contribution in [0, 0.1) is 29.4 Å². The van der Waals surface area contributed by atoms with Crippen LogP contribution in [0.1, 0.15) is 94.2 Å². The summed E-state index contributed by atoms with van der Waals surface area (Å²) in [5, 5.41) is 0. The van der Waals surface area contributed by atoms with Crippen LogP contribution in [0.15, 0.2) is 36.4 Å². The van der Waals surface area contributed by atoms with Gasteiger partial charge in [0.15, 0.2) is 11.6 Å². The Kier molecular flexibility index (Phi) is 9.60. The van der Waals surface area contributed by atoms with Crippen LogP contribution >= 0.6 is 0 Å². The summed E-state index contributed by atoms with van der Waals surface area (Å²) in [6.45, 7) is 4.71. The molecule has 3 rings (SSSR count). The third-order valence-corrected chi connectivity index (χ3v) is 6.46. The second-order valence-electron chi connectivity index (χ2n) is 8.96. The average Bonchev–Trinajstić information content (AvgIpc) is 2.83. The molecule has 0 bridgehead atoms. The molecule has 1 fully saturated rings. The number of unbranched alkanes of at least 4 members (excludes halogenated alkanes) is 3. The minimum absolute atomic E-state index is 0.0228. The Bertz CT molecular complexity index is 899. The molecule has 1 aliphatic carbocycles. The summed E-state index contributed by atoms with van der Waals surface area (Å²) in [7, 11) is 0. The van der Waals surface area contributed by atoms with Gasteiger partial charge in [-0.1, -0.05) is 69.2 Å². The van der Waals surface area contributed by atoms with Crippen LogP contribution in [0.3, 0.4) is 0 Å². The Balaban J connectivity index is 1.53. The van der Waals surface area contributed by atoms with Gasteiger partial charge in [0.25, 0.3) is 0 Å². The van der Waals surface area contributed by atoms with E-state index >= 15 is 0 Å². The predicted molar refractivity (Wildman–Crippen MR) is 128 cm³/mol. The minimum atomic E-state index is -0.931. The average molecular weight is 439 g/mol. The highest BCUT2D eigenvalue weighted by Gasteiger charge is 2.21. The van der Waals surface area contributed by atoms with Gasteiger partial charge in [0.2, 0.25) is 5.82 Å². The summed E-state index contributed by atoms with van der Waals surface area (Å²) in [5.41, 5.74) is 2.95. The van der Waals surface area contributed by atoms with Crippen molar-refractivity contribution in [3.05, 3.63) is 64.7 Å². The normalized spacial score (nSPS) is 18.1. The van der Waals surface area contributed by atoms with Crippen molar-refractivity contribution < 1.29 is 13.5 Å². The van der Waals surface area contributed by atoms with E-state index in [1.54, 1.807) is 0 Å². The summed E-state index contributed by atoms with van der Waals surface area (Å²) in [6, 6.07) is 12.1. The van der Waals surface area contributed by atoms with Crippen molar-refractivity contribution in [3.63, 3.8) is 0 Å². The quantitative estimate of drug-likeness (QED) is 0.283. The lowest BCUT2D eigenvalue weighted by Gasteiger charge is -2.26. The maximum atomic E-state index is 14.4. The van der Waals surface area contributed by atoms with Gasteiger partial charge in [0, 0.05) is 5.92 Å². The van der Waals surface area contributed by atoms with E-state index < -0.39 is 11.6 Å². The molecule has 0 aliphatic heterocycles. The van der Waals surface area contributed by atoms with E-state index in [-0.39, 0.29) is 17.2 Å². The molecule has 0 N–H and O–H groups in total. The molecule has 0 spiro atoms. The van der Waals surface area contributed by atoms with Crippen molar-refractivity contribution in [2.24, 2.45) is 5.92 Å². The first-order valence-corrected chi connectivity index (χ1v) is 12.3. The van der Waals surface area contributed by atoms with Crippen molar-refractivity contribution in [1.82, 2.24) is 0 Å². The van der Waals surface area contributed by atoms with Gasteiger partial charge in [-0.2, -0.15) is 4.39 Å². The van der Waals surface area contributed by atoms with E-state index in [1.165, 1.54) is 36.1 Å². The molecule has 0 heterocycles. The molecule has 3 heteroatoms. The number of benzene rings is 2. The van der Waals surface area contributed by atoms with Crippen molar-refractivity contribution in [1.29, 1.82) is 0 Å². The monoisotopic (exact) mass is 438 g/mol. The van der Waals surface area contributed by atoms with E-state index in [0.29, 0.717) is 12.5 Å². The third kappa shape index (κ3) is 6.83. The molecule has 0 aromatic heterocycles. The second kappa shape index (κ2) is 12.6. The van der Waals surface area contributed by atoms with Crippen molar-refractivity contribution in [2.45, 2.75) is 84.0 Å². The molecule has 1 nitrogen and oxygen atoms in total. The van der Waals surface area contributed by atoms with Crippen LogP contribution in [0.25, 0.3) is 0 Å². The molecular weight excluding hydrogens is 402 g/mol. The molecule has 0 saturated heterocycles. The van der Waals surface area contributed by atoms with Crippen molar-refractivity contribution in [3.8, 4) is 17.6 Å². The zero-order valence-corrected chi connectivity index (χ0v) is 19.6. The maximum Gasteiger partial charge on any atom is 0.201 e. The van der Waals surface area contributed by atoms with E-state index in [9.17, 15) is 8.78 Å². The van der Waals surface area contributed by atoms with Gasteiger partial charge >= 0.3 is 0 Å². The highest BCUT2D eigenvalue weighted by Crippen LogP contribution is 2.35. The van der Waals surface area contributed by atoms with E-state index in [2.05, 4.69) is 50.0 Å². The number of aryl methyl sites for hydroxylation is 1. The Labute approximate surface area is 192 Å². The predicted octanol–water partition coefficient (Wildman–Crippen LogP) is 8.20. The lowest BCUT2D eigenvalue weighted by Crippen LogP contribution is -2.12. The minimum Gasteiger partial charge on any atom is -0.490 e. The fraction of sp³-hybridized carbons (Fsp3) is 0.517. The highest BCUT2D eigenvalue weighted by atomic mass is 19.2. The maximum absolute atomic E-state index is 14.4. The van der Waals surface area contributed by atoms with Crippen LogP contribution in [0.5, 0.6) is 5.75 Å². The van der Waals surface area contributed by atoms with Crippen LogP contribution in [-0.2, 0) is 6.42 Å². The topological polar surface area (TPSA) is 9.23 Å². The first-order chi connectivity index (χ1) is 15.6. The fourth-order valence-corrected chi connectivity index (χ4v) is 4.36. The van der Waals surface area contributed by atoms with Gasteiger partial charge in [0.05, 0.1) is 12.2 Å². The Morgan fingerprint density at radius 3 is 2.25 bits per heavy atom. The van der Waals surface area contributed by atoms with Crippen molar-refractivity contribution in [2.75, 3.05) is 6.61 Å². The molecule has 1 saturated carbocycles. The van der Waals surface area contributed by atoms with Gasteiger partial charge in [0.1, 0.15) is 0 Å². The number of hydrogen-bond donors (Lipinski definition) is 0. The Morgan fingerprint density at radius 1 is 0.844 bits per heavy atom. The van der Waals surface area contributed by atoms with E-state index in [0.717, 1.165) is 51.4 Å². The summed E-state index contributed by atoms with van der Waals surface area (Å²) in [5.74, 6) is 5.04. The third-order valence-electron chi connectivity index (χ3n) is 6.46. The van der Waals surface area contributed by atoms with Gasteiger partial charge in [-0.15, -0.1) is 0 Å². The molecule has 0 radical (unpaired) electrons. The van der Waals surface area contributed by atoms with Gasteiger partial charge in [-0.25, -0.2) is 4.39 Å². The molecule has 0 unspecified atom stereocenters. The van der Waals surface area contributed by atoms with Gasteiger partial charge in [-0.05, 0) is 74.1 Å². The van der Waals surface area contributed by atoms with E-state index in [4.69, 9.17) is 4.74 Å². The van der Waals surface area contributed by atoms with Crippen LogP contribution in [-0.4, -0.2) is 6.61 Å². The zero-order valence-electron chi connectivity index (χ0n) is 19.6. The lowest BCUT2D eigenvalue weighted by atomic mass is 9.78. The molecule has 2 aromatic rings. The van der Waals surface area contributed by atoms with Gasteiger partial charge in [-0.3, -0.25) is 0 Å². The van der Waals surface area contributed by atoms with Gasteiger partial charge < -0.3 is 4.74 Å².